The highest BCUT2D eigenvalue weighted by Gasteiger charge is 2.06. The van der Waals surface area contributed by atoms with Crippen molar-refractivity contribution in [1.82, 2.24) is 0 Å². The molecule has 0 aromatic heterocycles. The van der Waals surface area contributed by atoms with Crippen LogP contribution in [-0.4, -0.2) is 11.1 Å². The predicted molar refractivity (Wildman–Crippen MR) is 77.1 cm³/mol. The van der Waals surface area contributed by atoms with E-state index in [2.05, 4.69) is 15.9 Å². The highest BCUT2D eigenvalue weighted by atomic mass is 79.9. The van der Waals surface area contributed by atoms with Gasteiger partial charge in [-0.2, -0.15) is 0 Å². The Morgan fingerprint density at radius 3 is 2.79 bits per heavy atom. The second-order valence-corrected chi connectivity index (χ2v) is 5.82. The topological polar surface area (TPSA) is 37.3 Å². The molecule has 0 unspecified atom stereocenters. The highest BCUT2D eigenvalue weighted by molar-refractivity contribution is 9.10. The Morgan fingerprint density at radius 2 is 2.05 bits per heavy atom. The summed E-state index contributed by atoms with van der Waals surface area (Å²) in [6.45, 7) is 0. The maximum absolute atomic E-state index is 13.6. The molecule has 0 atom stereocenters. The van der Waals surface area contributed by atoms with Crippen molar-refractivity contribution in [2.45, 2.75) is 10.6 Å². The minimum absolute atomic E-state index is 0.236. The number of carbonyl (C=O) groups is 1. The van der Waals surface area contributed by atoms with Crippen LogP contribution >= 0.6 is 27.7 Å². The van der Waals surface area contributed by atoms with Gasteiger partial charge in [0.05, 0.1) is 5.56 Å². The van der Waals surface area contributed by atoms with Crippen LogP contribution in [0.15, 0.2) is 51.8 Å². The molecule has 98 valence electrons. The molecule has 2 aromatic rings. The van der Waals surface area contributed by atoms with E-state index in [0.29, 0.717) is 11.3 Å². The van der Waals surface area contributed by atoms with Gasteiger partial charge in [-0.15, -0.1) is 11.8 Å². The van der Waals surface area contributed by atoms with Crippen molar-refractivity contribution in [3.05, 3.63) is 63.9 Å². The second kappa shape index (κ2) is 6.21. The molecule has 0 saturated carbocycles. The molecular weight excluding hydrogens is 331 g/mol. The smallest absolute Gasteiger partial charge is 0.335 e. The Balaban J connectivity index is 2.12. The van der Waals surface area contributed by atoms with E-state index in [1.165, 1.54) is 23.9 Å². The molecule has 2 nitrogen and oxygen atoms in total. The molecule has 19 heavy (non-hydrogen) atoms. The van der Waals surface area contributed by atoms with Gasteiger partial charge in [0.15, 0.2) is 0 Å². The number of aromatic carboxylic acids is 1. The van der Waals surface area contributed by atoms with E-state index >= 15 is 0 Å². The predicted octanol–water partition coefficient (Wildman–Crippen LogP) is 4.58. The molecule has 0 aliphatic carbocycles. The van der Waals surface area contributed by atoms with Gasteiger partial charge in [0.2, 0.25) is 0 Å². The van der Waals surface area contributed by atoms with Gasteiger partial charge < -0.3 is 5.11 Å². The summed E-state index contributed by atoms with van der Waals surface area (Å²) in [5.41, 5.74) is 0.819. The van der Waals surface area contributed by atoms with Crippen LogP contribution in [0.2, 0.25) is 0 Å². The average Bonchev–Trinajstić information content (AvgIpc) is 2.40. The van der Waals surface area contributed by atoms with E-state index < -0.39 is 5.97 Å². The third-order valence-electron chi connectivity index (χ3n) is 2.48. The van der Waals surface area contributed by atoms with E-state index in [4.69, 9.17) is 5.11 Å². The summed E-state index contributed by atoms with van der Waals surface area (Å²) in [5, 5.41) is 8.90. The van der Waals surface area contributed by atoms with Gasteiger partial charge in [-0.25, -0.2) is 9.18 Å². The Labute approximate surface area is 122 Å². The first kappa shape index (κ1) is 14.1. The fourth-order valence-electron chi connectivity index (χ4n) is 1.53. The van der Waals surface area contributed by atoms with Crippen molar-refractivity contribution in [1.29, 1.82) is 0 Å². The molecule has 2 rings (SSSR count). The highest BCUT2D eigenvalue weighted by Crippen LogP contribution is 2.26. The number of hydrogen-bond acceptors (Lipinski definition) is 2. The SMILES string of the molecule is O=C(O)c1cccc(SCc2cc(Br)ccc2F)c1. The van der Waals surface area contributed by atoms with Gasteiger partial charge in [-0.1, -0.05) is 22.0 Å². The van der Waals surface area contributed by atoms with Gasteiger partial charge >= 0.3 is 5.97 Å². The summed E-state index contributed by atoms with van der Waals surface area (Å²) in [6, 6.07) is 11.4. The fourth-order valence-corrected chi connectivity index (χ4v) is 2.87. The van der Waals surface area contributed by atoms with Crippen molar-refractivity contribution in [3.63, 3.8) is 0 Å². The first-order valence-corrected chi connectivity index (χ1v) is 7.24. The molecule has 1 N–H and O–H groups in total. The van der Waals surface area contributed by atoms with Gasteiger partial charge in [-0.05, 0) is 42.0 Å². The average molecular weight is 341 g/mol. The molecule has 5 heteroatoms. The van der Waals surface area contributed by atoms with Crippen LogP contribution in [0.25, 0.3) is 0 Å². The number of halogens is 2. The maximum Gasteiger partial charge on any atom is 0.335 e. The molecule has 2 aromatic carbocycles. The summed E-state index contributed by atoms with van der Waals surface area (Å²) >= 11 is 4.70. The van der Waals surface area contributed by atoms with Crippen molar-refractivity contribution >= 4 is 33.7 Å². The Kier molecular flexibility index (Phi) is 4.61. The minimum atomic E-state index is -0.962. The van der Waals surface area contributed by atoms with E-state index in [0.717, 1.165) is 9.37 Å². The Bertz CT molecular complexity index is 616. The third-order valence-corrected chi connectivity index (χ3v) is 4.02. The summed E-state index contributed by atoms with van der Waals surface area (Å²) in [6.07, 6.45) is 0. The van der Waals surface area contributed by atoms with Crippen LogP contribution in [0.3, 0.4) is 0 Å². The molecule has 0 saturated heterocycles. The number of benzene rings is 2. The van der Waals surface area contributed by atoms with E-state index in [1.54, 1.807) is 24.3 Å². The van der Waals surface area contributed by atoms with Crippen molar-refractivity contribution < 1.29 is 14.3 Å². The lowest BCUT2D eigenvalue weighted by atomic mass is 10.2. The molecule has 0 fully saturated rings. The maximum atomic E-state index is 13.6. The van der Waals surface area contributed by atoms with E-state index in [9.17, 15) is 9.18 Å². The van der Waals surface area contributed by atoms with Gasteiger partial charge in [0.25, 0.3) is 0 Å². The van der Waals surface area contributed by atoms with E-state index in [-0.39, 0.29) is 11.4 Å². The monoisotopic (exact) mass is 340 g/mol. The number of thioether (sulfide) groups is 1. The molecule has 0 aliphatic rings. The first-order chi connectivity index (χ1) is 9.06. The molecule has 0 heterocycles. The lowest BCUT2D eigenvalue weighted by Crippen LogP contribution is -1.95. The minimum Gasteiger partial charge on any atom is -0.478 e. The molecule has 0 bridgehead atoms. The standard InChI is InChI=1S/C14H10BrFO2S/c15-11-4-5-13(16)10(6-11)8-19-12-3-1-2-9(7-12)14(17)18/h1-7H,8H2,(H,17,18). The van der Waals surface area contributed by atoms with Gasteiger partial charge in [0, 0.05) is 15.1 Å². The van der Waals surface area contributed by atoms with Crippen LogP contribution in [0.5, 0.6) is 0 Å². The zero-order chi connectivity index (χ0) is 13.8. The van der Waals surface area contributed by atoms with Crippen LogP contribution < -0.4 is 0 Å². The van der Waals surface area contributed by atoms with Crippen LogP contribution in [0, 0.1) is 5.82 Å². The van der Waals surface area contributed by atoms with E-state index in [1.807, 2.05) is 6.07 Å². The number of carboxylic acids is 1. The molecule has 0 aliphatic heterocycles. The third kappa shape index (κ3) is 3.81. The molecular formula is C14H10BrFO2S. The largest absolute Gasteiger partial charge is 0.478 e. The van der Waals surface area contributed by atoms with Crippen LogP contribution in [0.4, 0.5) is 4.39 Å². The summed E-state index contributed by atoms with van der Waals surface area (Å²) in [4.78, 5) is 11.7. The quantitative estimate of drug-likeness (QED) is 0.827. The van der Waals surface area contributed by atoms with Gasteiger partial charge in [-0.3, -0.25) is 0 Å². The van der Waals surface area contributed by atoms with Gasteiger partial charge in [0.1, 0.15) is 5.82 Å². The first-order valence-electron chi connectivity index (χ1n) is 5.46. The normalized spacial score (nSPS) is 10.4. The number of carboxylic acid groups (broad SMARTS) is 1. The Hall–Kier alpha value is -1.33. The van der Waals surface area contributed by atoms with Crippen molar-refractivity contribution in [3.8, 4) is 0 Å². The second-order valence-electron chi connectivity index (χ2n) is 3.86. The Morgan fingerprint density at radius 1 is 1.26 bits per heavy atom. The molecule has 0 spiro atoms. The lowest BCUT2D eigenvalue weighted by molar-refractivity contribution is 0.0696. The molecule has 0 amide bonds. The summed E-state index contributed by atoms with van der Waals surface area (Å²) in [7, 11) is 0. The zero-order valence-electron chi connectivity index (χ0n) is 9.77. The summed E-state index contributed by atoms with van der Waals surface area (Å²) < 4.78 is 14.4. The lowest BCUT2D eigenvalue weighted by Gasteiger charge is -2.05. The summed E-state index contributed by atoms with van der Waals surface area (Å²) in [5.74, 6) is -0.768. The zero-order valence-corrected chi connectivity index (χ0v) is 12.2. The van der Waals surface area contributed by atoms with Crippen LogP contribution in [0.1, 0.15) is 15.9 Å². The van der Waals surface area contributed by atoms with Crippen molar-refractivity contribution in [2.75, 3.05) is 0 Å². The molecule has 0 radical (unpaired) electrons. The fraction of sp³-hybridized carbons (Fsp3) is 0.0714. The van der Waals surface area contributed by atoms with Crippen molar-refractivity contribution in [2.24, 2.45) is 0 Å². The van der Waals surface area contributed by atoms with Crippen LogP contribution in [-0.2, 0) is 5.75 Å². The number of rotatable bonds is 4. The number of hydrogen-bond donors (Lipinski definition) is 1.